The number of halogens is 2. The number of anilines is 1. The van der Waals surface area contributed by atoms with Crippen molar-refractivity contribution >= 4 is 28.4 Å². The summed E-state index contributed by atoms with van der Waals surface area (Å²) in [4.78, 5) is 21.2. The first kappa shape index (κ1) is 18.5. The number of alkyl halides is 1. The molecule has 3 atom stereocenters. The van der Waals surface area contributed by atoms with Gasteiger partial charge in [-0.2, -0.15) is 0 Å². The normalized spacial score (nSPS) is 24.5. The Kier molecular flexibility index (Phi) is 4.16. The highest BCUT2D eigenvalue weighted by atomic mass is 19.1. The van der Waals surface area contributed by atoms with Gasteiger partial charge in [0.2, 0.25) is 0 Å². The van der Waals surface area contributed by atoms with E-state index in [0.717, 1.165) is 5.39 Å². The van der Waals surface area contributed by atoms with Gasteiger partial charge in [-0.15, -0.1) is 0 Å². The minimum atomic E-state index is -1.45. The maximum absolute atomic E-state index is 14.7. The number of amides is 1. The van der Waals surface area contributed by atoms with Crippen LogP contribution in [0.4, 0.5) is 14.5 Å². The highest BCUT2D eigenvalue weighted by molar-refractivity contribution is 6.11. The number of fused-ring (bicyclic) bond motifs is 2. The standard InChI is InChI=1S/C22H18F2N4O2/c23-11-22(16-10-18(16)30-21(25)28-22)15-9-13(5-6-17(15)24)27-20(29)19-14-4-2-1-3-12(14)7-8-26-19/h1-9,16,18H,10-11H2,(H2,25,28)(H,27,29)/t16-,18+,22+/m0/s1. The summed E-state index contributed by atoms with van der Waals surface area (Å²) in [6.07, 6.45) is 1.83. The number of rotatable bonds is 4. The predicted molar refractivity (Wildman–Crippen MR) is 108 cm³/mol. The summed E-state index contributed by atoms with van der Waals surface area (Å²) in [5.74, 6) is -1.36. The van der Waals surface area contributed by atoms with Gasteiger partial charge in [-0.05, 0) is 36.1 Å². The zero-order chi connectivity index (χ0) is 20.9. The lowest BCUT2D eigenvalue weighted by atomic mass is 9.85. The first-order chi connectivity index (χ1) is 14.5. The summed E-state index contributed by atoms with van der Waals surface area (Å²) in [5.41, 5.74) is 4.86. The quantitative estimate of drug-likeness (QED) is 0.691. The van der Waals surface area contributed by atoms with Crippen LogP contribution in [0, 0.1) is 11.7 Å². The maximum Gasteiger partial charge on any atom is 0.283 e. The second-order valence-electron chi connectivity index (χ2n) is 7.54. The molecular formula is C22H18F2N4O2. The number of nitrogens with zero attached hydrogens (tertiary/aromatic N) is 2. The average molecular weight is 408 g/mol. The molecule has 0 saturated heterocycles. The highest BCUT2D eigenvalue weighted by Crippen LogP contribution is 2.53. The Labute approximate surface area is 170 Å². The van der Waals surface area contributed by atoms with Gasteiger partial charge in [0.25, 0.3) is 11.9 Å². The van der Waals surface area contributed by atoms with Crippen LogP contribution in [0.15, 0.2) is 59.7 Å². The summed E-state index contributed by atoms with van der Waals surface area (Å²) < 4.78 is 34.3. The van der Waals surface area contributed by atoms with E-state index in [-0.39, 0.29) is 29.3 Å². The fourth-order valence-corrected chi connectivity index (χ4v) is 4.15. The van der Waals surface area contributed by atoms with Crippen LogP contribution in [0.5, 0.6) is 0 Å². The van der Waals surface area contributed by atoms with E-state index >= 15 is 0 Å². The Morgan fingerprint density at radius 1 is 1.27 bits per heavy atom. The van der Waals surface area contributed by atoms with Crippen LogP contribution >= 0.6 is 0 Å². The van der Waals surface area contributed by atoms with Gasteiger partial charge in [0.05, 0.1) is 0 Å². The number of benzene rings is 2. The minimum absolute atomic E-state index is 0.0485. The molecule has 3 aromatic rings. The van der Waals surface area contributed by atoms with Crippen LogP contribution in [0.25, 0.3) is 10.8 Å². The molecule has 1 saturated carbocycles. The number of carbonyl (C=O) groups excluding carboxylic acids is 1. The monoisotopic (exact) mass is 408 g/mol. The van der Waals surface area contributed by atoms with Gasteiger partial charge in [0, 0.05) is 28.8 Å². The topological polar surface area (TPSA) is 89.6 Å². The minimum Gasteiger partial charge on any atom is -0.462 e. The third-order valence-electron chi connectivity index (χ3n) is 5.71. The number of aliphatic imine (C=N–C) groups is 1. The molecule has 6 nitrogen and oxygen atoms in total. The van der Waals surface area contributed by atoms with Gasteiger partial charge in [0.1, 0.15) is 29.8 Å². The summed E-state index contributed by atoms with van der Waals surface area (Å²) in [5, 5.41) is 4.31. The molecule has 2 aliphatic rings. The third-order valence-corrected chi connectivity index (χ3v) is 5.71. The van der Waals surface area contributed by atoms with Crippen LogP contribution in [0.2, 0.25) is 0 Å². The van der Waals surface area contributed by atoms with Crippen LogP contribution in [0.3, 0.4) is 0 Å². The number of amidine groups is 1. The third kappa shape index (κ3) is 2.87. The Hall–Kier alpha value is -3.55. The first-order valence-corrected chi connectivity index (χ1v) is 9.55. The molecule has 1 fully saturated rings. The van der Waals surface area contributed by atoms with Crippen LogP contribution in [0.1, 0.15) is 22.5 Å². The van der Waals surface area contributed by atoms with Crippen molar-refractivity contribution in [3.63, 3.8) is 0 Å². The molecule has 0 radical (unpaired) electrons. The number of aromatic nitrogens is 1. The summed E-state index contributed by atoms with van der Waals surface area (Å²) in [6, 6.07) is 13.1. The Morgan fingerprint density at radius 3 is 2.93 bits per heavy atom. The van der Waals surface area contributed by atoms with E-state index in [1.165, 1.54) is 18.2 Å². The van der Waals surface area contributed by atoms with Crippen molar-refractivity contribution in [2.75, 3.05) is 12.0 Å². The Morgan fingerprint density at radius 2 is 2.10 bits per heavy atom. The molecule has 0 bridgehead atoms. The molecule has 8 heteroatoms. The molecule has 0 unspecified atom stereocenters. The lowest BCUT2D eigenvalue weighted by molar-refractivity contribution is 0.102. The zero-order valence-corrected chi connectivity index (χ0v) is 15.8. The molecule has 1 aromatic heterocycles. The number of hydrogen-bond acceptors (Lipinski definition) is 5. The van der Waals surface area contributed by atoms with Gasteiger partial charge in [-0.3, -0.25) is 9.78 Å². The van der Waals surface area contributed by atoms with Crippen molar-refractivity contribution in [2.24, 2.45) is 16.6 Å². The summed E-state index contributed by atoms with van der Waals surface area (Å²) >= 11 is 0. The van der Waals surface area contributed by atoms with Crippen molar-refractivity contribution in [1.82, 2.24) is 4.98 Å². The first-order valence-electron chi connectivity index (χ1n) is 9.55. The molecule has 30 heavy (non-hydrogen) atoms. The number of nitrogens with one attached hydrogen (secondary N) is 1. The van der Waals surface area contributed by atoms with Crippen molar-refractivity contribution in [2.45, 2.75) is 18.1 Å². The molecular weight excluding hydrogens is 390 g/mol. The fourth-order valence-electron chi connectivity index (χ4n) is 4.15. The number of pyridine rings is 1. The number of ether oxygens (including phenoxy) is 1. The molecule has 5 rings (SSSR count). The van der Waals surface area contributed by atoms with Crippen LogP contribution < -0.4 is 11.1 Å². The molecule has 152 valence electrons. The number of nitrogens with two attached hydrogens (primary N) is 1. The van der Waals surface area contributed by atoms with E-state index in [1.807, 2.05) is 24.3 Å². The Bertz CT molecular complexity index is 1190. The molecule has 3 N–H and O–H groups in total. The smallest absolute Gasteiger partial charge is 0.283 e. The zero-order valence-electron chi connectivity index (χ0n) is 15.8. The molecule has 1 aliphatic heterocycles. The summed E-state index contributed by atoms with van der Waals surface area (Å²) in [6.45, 7) is -0.919. The van der Waals surface area contributed by atoms with Crippen LogP contribution in [-0.4, -0.2) is 29.7 Å². The maximum atomic E-state index is 14.7. The second-order valence-corrected chi connectivity index (χ2v) is 7.54. The second kappa shape index (κ2) is 6.76. The number of carbonyl (C=O) groups is 1. The molecule has 2 heterocycles. The van der Waals surface area contributed by atoms with Gasteiger partial charge < -0.3 is 15.8 Å². The van der Waals surface area contributed by atoms with Gasteiger partial charge in [-0.25, -0.2) is 13.8 Å². The van der Waals surface area contributed by atoms with Gasteiger partial charge in [-0.1, -0.05) is 24.3 Å². The lowest BCUT2D eigenvalue weighted by Crippen LogP contribution is -2.39. The summed E-state index contributed by atoms with van der Waals surface area (Å²) in [7, 11) is 0. The van der Waals surface area contributed by atoms with Crippen molar-refractivity contribution in [3.05, 3.63) is 71.8 Å². The number of hydrogen-bond donors (Lipinski definition) is 2. The van der Waals surface area contributed by atoms with Crippen molar-refractivity contribution in [3.8, 4) is 0 Å². The van der Waals surface area contributed by atoms with Crippen LogP contribution in [-0.2, 0) is 10.3 Å². The molecule has 1 amide bonds. The van der Waals surface area contributed by atoms with Gasteiger partial charge >= 0.3 is 0 Å². The van der Waals surface area contributed by atoms with E-state index in [0.29, 0.717) is 17.5 Å². The largest absolute Gasteiger partial charge is 0.462 e. The van der Waals surface area contributed by atoms with E-state index in [2.05, 4.69) is 15.3 Å². The van der Waals surface area contributed by atoms with Crippen molar-refractivity contribution in [1.29, 1.82) is 0 Å². The lowest BCUT2D eigenvalue weighted by Gasteiger charge is -2.31. The molecule has 2 aromatic carbocycles. The molecule has 1 aliphatic carbocycles. The highest BCUT2D eigenvalue weighted by Gasteiger charge is 2.60. The van der Waals surface area contributed by atoms with Crippen molar-refractivity contribution < 1.29 is 18.3 Å². The van der Waals surface area contributed by atoms with Gasteiger partial charge in [0.15, 0.2) is 0 Å². The SMILES string of the molecule is NC1=N[C@](CF)(c2cc(NC(=O)c3nccc4ccccc34)ccc2F)[C@H]2C[C@H]2O1. The van der Waals surface area contributed by atoms with E-state index in [4.69, 9.17) is 10.5 Å². The average Bonchev–Trinajstić information content (AvgIpc) is 3.54. The van der Waals surface area contributed by atoms with E-state index < -0.39 is 23.9 Å². The van der Waals surface area contributed by atoms with E-state index in [9.17, 15) is 13.6 Å². The predicted octanol–water partition coefficient (Wildman–Crippen LogP) is 3.52. The Balaban J connectivity index is 1.51. The van der Waals surface area contributed by atoms with E-state index in [1.54, 1.807) is 12.3 Å². The fraction of sp³-hybridized carbons (Fsp3) is 0.227. The molecule has 0 spiro atoms.